The lowest BCUT2D eigenvalue weighted by molar-refractivity contribution is 0.0755. The van der Waals surface area contributed by atoms with Gasteiger partial charge in [0, 0.05) is 19.3 Å². The first-order chi connectivity index (χ1) is 9.79. The molecule has 116 valence electrons. The van der Waals surface area contributed by atoms with Crippen LogP contribution in [0.2, 0.25) is 5.02 Å². The molecule has 1 fully saturated rings. The summed E-state index contributed by atoms with van der Waals surface area (Å²) in [5, 5.41) is 0.0586. The Balaban J connectivity index is 2.10. The van der Waals surface area contributed by atoms with E-state index in [2.05, 4.69) is 25.8 Å². The van der Waals surface area contributed by atoms with Crippen LogP contribution in [0.15, 0.2) is 17.1 Å². The number of likely N-dealkylation sites (tertiary alicyclic amines) is 1. The number of hydrogen-bond acceptors (Lipinski definition) is 2. The first-order valence-corrected chi connectivity index (χ1v) is 7.84. The molecule has 1 atom stereocenters. The fraction of sp³-hybridized carbons (Fsp3) is 0.625. The van der Waals surface area contributed by atoms with E-state index in [0.29, 0.717) is 11.5 Å². The van der Waals surface area contributed by atoms with Gasteiger partial charge in [-0.15, -0.1) is 0 Å². The molecule has 0 bridgehead atoms. The minimum atomic E-state index is -0.364. The molecule has 1 aliphatic rings. The van der Waals surface area contributed by atoms with Crippen molar-refractivity contribution in [3.05, 3.63) is 33.2 Å². The largest absolute Gasteiger partial charge is 0.339 e. The zero-order valence-electron chi connectivity index (χ0n) is 12.9. The average Bonchev–Trinajstić information content (AvgIpc) is 2.66. The Morgan fingerprint density at radius 3 is 2.67 bits per heavy atom. The molecule has 2 heterocycles. The molecular weight excluding hydrogens is 288 g/mol. The first kappa shape index (κ1) is 16.1. The van der Waals surface area contributed by atoms with Crippen molar-refractivity contribution in [3.8, 4) is 0 Å². The highest BCUT2D eigenvalue weighted by atomic mass is 35.5. The van der Waals surface area contributed by atoms with Crippen molar-refractivity contribution in [3.63, 3.8) is 0 Å². The minimum Gasteiger partial charge on any atom is -0.339 e. The topological polar surface area (TPSA) is 53.2 Å². The molecule has 0 aliphatic carbocycles. The fourth-order valence-electron chi connectivity index (χ4n) is 2.93. The van der Waals surface area contributed by atoms with Crippen molar-refractivity contribution >= 4 is 17.5 Å². The van der Waals surface area contributed by atoms with Crippen LogP contribution < -0.4 is 5.56 Å². The Hall–Kier alpha value is -1.29. The Labute approximate surface area is 130 Å². The predicted molar refractivity (Wildman–Crippen MR) is 84.8 cm³/mol. The summed E-state index contributed by atoms with van der Waals surface area (Å²) < 4.78 is 0. The maximum atomic E-state index is 12.5. The van der Waals surface area contributed by atoms with Crippen molar-refractivity contribution in [2.45, 2.75) is 40.0 Å². The van der Waals surface area contributed by atoms with Crippen molar-refractivity contribution in [1.82, 2.24) is 9.88 Å². The van der Waals surface area contributed by atoms with Gasteiger partial charge in [-0.05, 0) is 36.7 Å². The summed E-state index contributed by atoms with van der Waals surface area (Å²) in [4.78, 5) is 28.2. The lowest BCUT2D eigenvalue weighted by atomic mass is 9.77. The third kappa shape index (κ3) is 3.88. The average molecular weight is 311 g/mol. The van der Waals surface area contributed by atoms with E-state index < -0.39 is 0 Å². The highest BCUT2D eigenvalue weighted by Crippen LogP contribution is 2.34. The number of halogens is 1. The van der Waals surface area contributed by atoms with E-state index in [4.69, 9.17) is 11.6 Å². The van der Waals surface area contributed by atoms with E-state index in [1.54, 1.807) is 0 Å². The van der Waals surface area contributed by atoms with Crippen LogP contribution in [0.25, 0.3) is 0 Å². The summed E-state index contributed by atoms with van der Waals surface area (Å²) in [5.74, 6) is 0.581. The van der Waals surface area contributed by atoms with E-state index >= 15 is 0 Å². The number of carbonyl (C=O) groups is 1. The van der Waals surface area contributed by atoms with Gasteiger partial charge in [-0.2, -0.15) is 0 Å². The first-order valence-electron chi connectivity index (χ1n) is 7.46. The van der Waals surface area contributed by atoms with Gasteiger partial charge in [0.1, 0.15) is 5.02 Å². The lowest BCUT2D eigenvalue weighted by Gasteiger charge is -2.29. The number of nitrogens with zero attached hydrogens (tertiary/aromatic N) is 1. The summed E-state index contributed by atoms with van der Waals surface area (Å²) in [6.07, 6.45) is 4.64. The van der Waals surface area contributed by atoms with Crippen LogP contribution in [-0.2, 0) is 0 Å². The van der Waals surface area contributed by atoms with E-state index in [0.717, 1.165) is 32.4 Å². The van der Waals surface area contributed by atoms with E-state index in [-0.39, 0.29) is 21.9 Å². The molecule has 1 amide bonds. The standard InChI is InChI=1S/C16H23ClN2O2/c1-16(2,3)12-5-4-7-19(8-6-12)15(21)11-9-13(17)14(20)18-10-11/h9-10,12H,4-8H2,1-3H3,(H,18,20). The molecule has 21 heavy (non-hydrogen) atoms. The van der Waals surface area contributed by atoms with Crippen LogP contribution in [0.1, 0.15) is 50.4 Å². The van der Waals surface area contributed by atoms with Crippen LogP contribution in [0.5, 0.6) is 0 Å². The molecule has 1 aromatic rings. The van der Waals surface area contributed by atoms with Crippen LogP contribution in [0, 0.1) is 11.3 Å². The normalized spacial score (nSPS) is 20.2. The molecule has 0 saturated carbocycles. The monoisotopic (exact) mass is 310 g/mol. The maximum absolute atomic E-state index is 12.5. The quantitative estimate of drug-likeness (QED) is 0.865. The van der Waals surface area contributed by atoms with E-state index in [1.807, 2.05) is 4.90 Å². The van der Waals surface area contributed by atoms with Gasteiger partial charge >= 0.3 is 0 Å². The zero-order chi connectivity index (χ0) is 15.6. The Kier molecular flexibility index (Phi) is 4.77. The molecule has 1 saturated heterocycles. The molecule has 1 aliphatic heterocycles. The summed E-state index contributed by atoms with van der Waals surface area (Å²) >= 11 is 5.80. The number of carbonyl (C=O) groups excluding carboxylic acids is 1. The van der Waals surface area contributed by atoms with Crippen molar-refractivity contribution in [2.24, 2.45) is 11.3 Å². The summed E-state index contributed by atoms with van der Waals surface area (Å²) in [6, 6.07) is 1.45. The molecule has 1 aromatic heterocycles. The van der Waals surface area contributed by atoms with Crippen molar-refractivity contribution in [1.29, 1.82) is 0 Å². The smallest absolute Gasteiger partial charge is 0.266 e. The molecule has 0 spiro atoms. The minimum absolute atomic E-state index is 0.0530. The van der Waals surface area contributed by atoms with Crippen molar-refractivity contribution in [2.75, 3.05) is 13.1 Å². The highest BCUT2D eigenvalue weighted by molar-refractivity contribution is 6.30. The number of pyridine rings is 1. The van der Waals surface area contributed by atoms with Crippen LogP contribution >= 0.6 is 11.6 Å². The van der Waals surface area contributed by atoms with Crippen molar-refractivity contribution < 1.29 is 4.79 Å². The Bertz CT molecular complexity index is 574. The number of aromatic amines is 1. The second-order valence-corrected chi connectivity index (χ2v) is 7.26. The SMILES string of the molecule is CC(C)(C)C1CCCN(C(=O)c2c[nH]c(=O)c(Cl)c2)CC1. The summed E-state index contributed by atoms with van der Waals surface area (Å²) in [6.45, 7) is 8.31. The van der Waals surface area contributed by atoms with E-state index in [1.165, 1.54) is 12.3 Å². The zero-order valence-corrected chi connectivity index (χ0v) is 13.7. The second-order valence-electron chi connectivity index (χ2n) is 6.85. The molecule has 1 N–H and O–H groups in total. The van der Waals surface area contributed by atoms with Gasteiger partial charge in [-0.1, -0.05) is 32.4 Å². The summed E-state index contributed by atoms with van der Waals surface area (Å²) in [7, 11) is 0. The number of amides is 1. The Morgan fingerprint density at radius 2 is 2.05 bits per heavy atom. The number of nitrogens with one attached hydrogen (secondary N) is 1. The maximum Gasteiger partial charge on any atom is 0.266 e. The molecule has 2 rings (SSSR count). The molecular formula is C16H23ClN2O2. The molecule has 0 aromatic carbocycles. The van der Waals surface area contributed by atoms with Crippen LogP contribution in [-0.4, -0.2) is 28.9 Å². The molecule has 1 unspecified atom stereocenters. The predicted octanol–water partition coefficient (Wildman–Crippen LogP) is 3.32. The van der Waals surface area contributed by atoms with Crippen LogP contribution in [0.3, 0.4) is 0 Å². The molecule has 0 radical (unpaired) electrons. The van der Waals surface area contributed by atoms with Gasteiger partial charge in [0.2, 0.25) is 0 Å². The molecule has 4 nitrogen and oxygen atoms in total. The van der Waals surface area contributed by atoms with Gasteiger partial charge < -0.3 is 9.88 Å². The van der Waals surface area contributed by atoms with Gasteiger partial charge in [0.15, 0.2) is 0 Å². The second kappa shape index (κ2) is 6.22. The highest BCUT2D eigenvalue weighted by Gasteiger charge is 2.28. The number of H-pyrrole nitrogens is 1. The van der Waals surface area contributed by atoms with Gasteiger partial charge in [0.05, 0.1) is 5.56 Å². The molecule has 5 heteroatoms. The lowest BCUT2D eigenvalue weighted by Crippen LogP contribution is -2.33. The van der Waals surface area contributed by atoms with E-state index in [9.17, 15) is 9.59 Å². The fourth-order valence-corrected chi connectivity index (χ4v) is 3.10. The summed E-state index contributed by atoms with van der Waals surface area (Å²) in [5.41, 5.74) is 0.367. The number of hydrogen-bond donors (Lipinski definition) is 1. The Morgan fingerprint density at radius 1 is 1.33 bits per heavy atom. The third-order valence-corrected chi connectivity index (χ3v) is 4.63. The van der Waals surface area contributed by atoms with Gasteiger partial charge in [-0.3, -0.25) is 9.59 Å². The van der Waals surface area contributed by atoms with Gasteiger partial charge in [0.25, 0.3) is 11.5 Å². The van der Waals surface area contributed by atoms with Gasteiger partial charge in [-0.25, -0.2) is 0 Å². The number of rotatable bonds is 1. The number of aromatic nitrogens is 1. The van der Waals surface area contributed by atoms with Crippen LogP contribution in [0.4, 0.5) is 0 Å². The third-order valence-electron chi connectivity index (χ3n) is 4.34.